The molecule has 1 aliphatic carbocycles. The van der Waals surface area contributed by atoms with E-state index < -0.39 is 0 Å². The Labute approximate surface area is 93.2 Å². The molecule has 15 heavy (non-hydrogen) atoms. The van der Waals surface area contributed by atoms with Crippen molar-refractivity contribution in [1.29, 1.82) is 0 Å². The van der Waals surface area contributed by atoms with Crippen LogP contribution in [0.4, 0.5) is 0 Å². The van der Waals surface area contributed by atoms with Crippen molar-refractivity contribution in [2.24, 2.45) is 0 Å². The Hall–Kier alpha value is -0.120. The summed E-state index contributed by atoms with van der Waals surface area (Å²) in [5.74, 6) is 0. The molecule has 3 heteroatoms. The van der Waals surface area contributed by atoms with Crippen molar-refractivity contribution in [2.75, 3.05) is 32.8 Å². The van der Waals surface area contributed by atoms with E-state index in [1.54, 1.807) is 0 Å². The van der Waals surface area contributed by atoms with Gasteiger partial charge in [0.15, 0.2) is 0 Å². The lowest BCUT2D eigenvalue weighted by Gasteiger charge is -2.32. The minimum atomic E-state index is 0.776. The fourth-order valence-electron chi connectivity index (χ4n) is 2.77. The molecule has 3 nitrogen and oxygen atoms in total. The number of nitrogens with one attached hydrogen (secondary N) is 1. The SMILES string of the molecule is CCCNC1CCC(N2CCOCC2)C1. The Bertz CT molecular complexity index is 180. The summed E-state index contributed by atoms with van der Waals surface area (Å²) in [6, 6.07) is 1.60. The Morgan fingerprint density at radius 2 is 2.07 bits per heavy atom. The Balaban J connectivity index is 1.71. The summed E-state index contributed by atoms with van der Waals surface area (Å²) < 4.78 is 5.39. The third-order valence-corrected chi connectivity index (χ3v) is 3.65. The van der Waals surface area contributed by atoms with Gasteiger partial charge in [-0.2, -0.15) is 0 Å². The average Bonchev–Trinajstić information content (AvgIpc) is 2.76. The second kappa shape index (κ2) is 5.83. The van der Waals surface area contributed by atoms with Crippen LogP contribution >= 0.6 is 0 Å². The van der Waals surface area contributed by atoms with Crippen molar-refractivity contribution in [3.8, 4) is 0 Å². The topological polar surface area (TPSA) is 24.5 Å². The predicted octanol–water partition coefficient (Wildman–Crippen LogP) is 1.24. The van der Waals surface area contributed by atoms with Gasteiger partial charge in [-0.25, -0.2) is 0 Å². The molecule has 0 aromatic carbocycles. The number of morpholine rings is 1. The zero-order chi connectivity index (χ0) is 10.5. The number of nitrogens with zero attached hydrogens (tertiary/aromatic N) is 1. The van der Waals surface area contributed by atoms with Gasteiger partial charge in [-0.3, -0.25) is 4.90 Å². The molecule has 2 fully saturated rings. The van der Waals surface area contributed by atoms with Crippen molar-refractivity contribution in [3.05, 3.63) is 0 Å². The summed E-state index contributed by atoms with van der Waals surface area (Å²) in [4.78, 5) is 2.62. The molecule has 2 rings (SSSR count). The van der Waals surface area contributed by atoms with Gasteiger partial charge < -0.3 is 10.1 Å². The quantitative estimate of drug-likeness (QED) is 0.759. The van der Waals surface area contributed by atoms with E-state index in [-0.39, 0.29) is 0 Å². The number of hydrogen-bond donors (Lipinski definition) is 1. The molecule has 0 amide bonds. The maximum atomic E-state index is 5.39. The van der Waals surface area contributed by atoms with Crippen LogP contribution in [0.25, 0.3) is 0 Å². The van der Waals surface area contributed by atoms with E-state index in [0.29, 0.717) is 0 Å². The molecule has 0 aromatic heterocycles. The first-order chi connectivity index (χ1) is 7.40. The molecule has 1 aliphatic heterocycles. The van der Waals surface area contributed by atoms with Gasteiger partial charge in [0.25, 0.3) is 0 Å². The predicted molar refractivity (Wildman–Crippen MR) is 62.1 cm³/mol. The lowest BCUT2D eigenvalue weighted by molar-refractivity contribution is 0.0175. The van der Waals surface area contributed by atoms with Gasteiger partial charge in [-0.1, -0.05) is 6.92 Å². The largest absolute Gasteiger partial charge is 0.379 e. The van der Waals surface area contributed by atoms with Crippen LogP contribution in [0.1, 0.15) is 32.6 Å². The third kappa shape index (κ3) is 3.16. The monoisotopic (exact) mass is 212 g/mol. The molecular formula is C12H24N2O. The highest BCUT2D eigenvalue weighted by atomic mass is 16.5. The molecule has 1 N–H and O–H groups in total. The van der Waals surface area contributed by atoms with Gasteiger partial charge in [-0.15, -0.1) is 0 Å². The molecule has 0 aromatic rings. The normalized spacial score (nSPS) is 33.4. The fourth-order valence-corrected chi connectivity index (χ4v) is 2.77. The maximum Gasteiger partial charge on any atom is 0.0594 e. The van der Waals surface area contributed by atoms with Crippen LogP contribution in [0.3, 0.4) is 0 Å². The summed E-state index contributed by atoms with van der Waals surface area (Å²) in [7, 11) is 0. The minimum Gasteiger partial charge on any atom is -0.379 e. The molecule has 1 saturated carbocycles. The lowest BCUT2D eigenvalue weighted by atomic mass is 10.2. The smallest absolute Gasteiger partial charge is 0.0594 e. The summed E-state index contributed by atoms with van der Waals surface area (Å²) in [5.41, 5.74) is 0. The zero-order valence-electron chi connectivity index (χ0n) is 9.87. The molecule has 1 heterocycles. The number of rotatable bonds is 4. The second-order valence-corrected chi connectivity index (χ2v) is 4.77. The third-order valence-electron chi connectivity index (χ3n) is 3.65. The van der Waals surface area contributed by atoms with Gasteiger partial charge in [0.1, 0.15) is 0 Å². The van der Waals surface area contributed by atoms with Crippen LogP contribution in [-0.2, 0) is 4.74 Å². The Kier molecular flexibility index (Phi) is 4.42. The number of hydrogen-bond acceptors (Lipinski definition) is 3. The first kappa shape index (κ1) is 11.4. The van der Waals surface area contributed by atoms with E-state index in [9.17, 15) is 0 Å². The van der Waals surface area contributed by atoms with Gasteiger partial charge in [0, 0.05) is 25.2 Å². The molecule has 2 aliphatic rings. The Morgan fingerprint density at radius 1 is 1.27 bits per heavy atom. The van der Waals surface area contributed by atoms with Crippen molar-refractivity contribution < 1.29 is 4.74 Å². The highest BCUT2D eigenvalue weighted by Gasteiger charge is 2.29. The van der Waals surface area contributed by atoms with Crippen molar-refractivity contribution in [1.82, 2.24) is 10.2 Å². The van der Waals surface area contributed by atoms with Gasteiger partial charge in [-0.05, 0) is 32.2 Å². The van der Waals surface area contributed by atoms with E-state index in [1.165, 1.54) is 32.2 Å². The molecule has 0 bridgehead atoms. The summed E-state index contributed by atoms with van der Waals surface area (Å²) in [6.07, 6.45) is 5.34. The van der Waals surface area contributed by atoms with Gasteiger partial charge >= 0.3 is 0 Å². The molecule has 0 radical (unpaired) electrons. The molecule has 88 valence electrons. The molecule has 2 atom stereocenters. The highest BCUT2D eigenvalue weighted by Crippen LogP contribution is 2.24. The van der Waals surface area contributed by atoms with Gasteiger partial charge in [0.2, 0.25) is 0 Å². The van der Waals surface area contributed by atoms with Crippen LogP contribution in [0, 0.1) is 0 Å². The zero-order valence-corrected chi connectivity index (χ0v) is 9.87. The molecule has 1 saturated heterocycles. The fraction of sp³-hybridized carbons (Fsp3) is 1.00. The second-order valence-electron chi connectivity index (χ2n) is 4.77. The van der Waals surface area contributed by atoms with E-state index in [4.69, 9.17) is 4.74 Å². The first-order valence-corrected chi connectivity index (χ1v) is 6.45. The van der Waals surface area contributed by atoms with Crippen LogP contribution in [0.2, 0.25) is 0 Å². The average molecular weight is 212 g/mol. The van der Waals surface area contributed by atoms with E-state index >= 15 is 0 Å². The minimum absolute atomic E-state index is 0.776. The van der Waals surface area contributed by atoms with Gasteiger partial charge in [0.05, 0.1) is 13.2 Å². The summed E-state index contributed by atoms with van der Waals surface area (Å²) >= 11 is 0. The van der Waals surface area contributed by atoms with Crippen LogP contribution in [0.15, 0.2) is 0 Å². The van der Waals surface area contributed by atoms with E-state index in [0.717, 1.165) is 38.4 Å². The van der Waals surface area contributed by atoms with E-state index in [1.807, 2.05) is 0 Å². The summed E-state index contributed by atoms with van der Waals surface area (Å²) in [6.45, 7) is 7.57. The van der Waals surface area contributed by atoms with E-state index in [2.05, 4.69) is 17.1 Å². The maximum absolute atomic E-state index is 5.39. The van der Waals surface area contributed by atoms with Crippen molar-refractivity contribution in [3.63, 3.8) is 0 Å². The highest BCUT2D eigenvalue weighted by molar-refractivity contribution is 4.87. The van der Waals surface area contributed by atoms with Crippen LogP contribution in [-0.4, -0.2) is 49.8 Å². The lowest BCUT2D eigenvalue weighted by Crippen LogP contribution is -2.43. The summed E-state index contributed by atoms with van der Waals surface area (Å²) in [5, 5.41) is 3.64. The standard InChI is InChI=1S/C12H24N2O/c1-2-5-13-11-3-4-12(10-11)14-6-8-15-9-7-14/h11-13H,2-10H2,1H3. The molecule has 0 spiro atoms. The Morgan fingerprint density at radius 3 is 2.80 bits per heavy atom. The first-order valence-electron chi connectivity index (χ1n) is 6.45. The van der Waals surface area contributed by atoms with Crippen LogP contribution < -0.4 is 5.32 Å². The van der Waals surface area contributed by atoms with Crippen molar-refractivity contribution >= 4 is 0 Å². The van der Waals surface area contributed by atoms with Crippen molar-refractivity contribution in [2.45, 2.75) is 44.7 Å². The molecular weight excluding hydrogens is 188 g/mol. The molecule has 2 unspecified atom stereocenters. The number of ether oxygens (including phenoxy) is 1. The van der Waals surface area contributed by atoms with Crippen LogP contribution in [0.5, 0.6) is 0 Å².